The molecular weight excluding hydrogens is 257 g/mol. The number of aliphatic hydroxyl groups excluding tert-OH is 1. The number of hydrogen-bond donors (Lipinski definition) is 2. The molecule has 0 bridgehead atoms. The molecule has 3 N–H and O–H groups in total. The molecule has 19 heavy (non-hydrogen) atoms. The number of halogens is 1. The van der Waals surface area contributed by atoms with Crippen molar-refractivity contribution in [1.82, 2.24) is 0 Å². The van der Waals surface area contributed by atoms with Crippen molar-refractivity contribution in [2.24, 2.45) is 17.6 Å². The fraction of sp³-hybridized carbons (Fsp3) is 0.833. The van der Waals surface area contributed by atoms with Crippen LogP contribution < -0.4 is 5.73 Å². The third-order valence-electron chi connectivity index (χ3n) is 4.05. The van der Waals surface area contributed by atoms with Crippen LogP contribution in [0.25, 0.3) is 0 Å². The van der Waals surface area contributed by atoms with Gasteiger partial charge in [0.15, 0.2) is 0 Å². The van der Waals surface area contributed by atoms with Crippen LogP contribution in [0, 0.1) is 11.8 Å². The fourth-order valence-corrected chi connectivity index (χ4v) is 3.09. The first-order chi connectivity index (χ1) is 8.84. The Morgan fingerprint density at radius 2 is 1.84 bits per heavy atom. The summed E-state index contributed by atoms with van der Waals surface area (Å²) < 4.78 is 24.0. The number of alkyl halides is 1. The van der Waals surface area contributed by atoms with Gasteiger partial charge in [0.05, 0.1) is 19.3 Å². The molecule has 0 heterocycles. The Morgan fingerprint density at radius 3 is 2.37 bits per heavy atom. The van der Waals surface area contributed by atoms with E-state index in [4.69, 9.17) is 10.5 Å². The topological polar surface area (TPSA) is 98.9 Å². The third-order valence-corrected chi connectivity index (χ3v) is 4.05. The summed E-state index contributed by atoms with van der Waals surface area (Å²) in [6.45, 7) is 3.26. The van der Waals surface area contributed by atoms with Crippen molar-refractivity contribution in [3.8, 4) is 0 Å². The summed E-state index contributed by atoms with van der Waals surface area (Å²) in [5.41, 5.74) is 1.70. The molecule has 0 aromatic heterocycles. The van der Waals surface area contributed by atoms with E-state index >= 15 is 0 Å². The molecular formula is C12H18FNO5. The summed E-state index contributed by atoms with van der Waals surface area (Å²) in [5, 5.41) is 9.85. The predicted molar refractivity (Wildman–Crippen MR) is 61.6 cm³/mol. The van der Waals surface area contributed by atoms with E-state index in [1.165, 1.54) is 0 Å². The number of carbonyl (C=O) groups is 2. The second kappa shape index (κ2) is 4.42. The van der Waals surface area contributed by atoms with Crippen LogP contribution in [0.5, 0.6) is 0 Å². The molecule has 2 rings (SSSR count). The molecule has 2 aliphatic rings. The molecule has 2 fully saturated rings. The number of carbonyl (C=O) groups excluding carboxylic acids is 2. The number of aliphatic hydroxyl groups is 1. The molecule has 6 nitrogen and oxygen atoms in total. The summed E-state index contributed by atoms with van der Waals surface area (Å²) in [6, 6.07) is 0. The molecule has 2 aliphatic carbocycles. The SMILES string of the molecule is CCOC(=O)C1(N)C(O)CC2C1C2(F)C(=O)OCC. The van der Waals surface area contributed by atoms with Crippen molar-refractivity contribution in [3.63, 3.8) is 0 Å². The summed E-state index contributed by atoms with van der Waals surface area (Å²) in [6.07, 6.45) is -1.25. The van der Waals surface area contributed by atoms with Crippen molar-refractivity contribution in [3.05, 3.63) is 0 Å². The van der Waals surface area contributed by atoms with Gasteiger partial charge in [-0.15, -0.1) is 0 Å². The lowest BCUT2D eigenvalue weighted by atomic mass is 9.88. The van der Waals surface area contributed by atoms with Crippen molar-refractivity contribution < 1.29 is 28.6 Å². The molecule has 5 unspecified atom stereocenters. The van der Waals surface area contributed by atoms with E-state index in [9.17, 15) is 19.1 Å². The second-order valence-corrected chi connectivity index (χ2v) is 4.98. The van der Waals surface area contributed by atoms with E-state index in [1.54, 1.807) is 13.8 Å². The van der Waals surface area contributed by atoms with E-state index < -0.39 is 41.1 Å². The zero-order valence-corrected chi connectivity index (χ0v) is 10.9. The van der Waals surface area contributed by atoms with E-state index in [-0.39, 0.29) is 19.6 Å². The highest BCUT2D eigenvalue weighted by Crippen LogP contribution is 2.67. The first kappa shape index (κ1) is 14.2. The van der Waals surface area contributed by atoms with Crippen LogP contribution in [0.2, 0.25) is 0 Å². The molecule has 108 valence electrons. The first-order valence-electron chi connectivity index (χ1n) is 6.35. The fourth-order valence-electron chi connectivity index (χ4n) is 3.09. The quantitative estimate of drug-likeness (QED) is 0.673. The van der Waals surface area contributed by atoms with Crippen molar-refractivity contribution in [2.45, 2.75) is 37.6 Å². The van der Waals surface area contributed by atoms with E-state index in [0.717, 1.165) is 0 Å². The van der Waals surface area contributed by atoms with Gasteiger partial charge in [0.1, 0.15) is 5.54 Å². The molecule has 0 aromatic rings. The van der Waals surface area contributed by atoms with Crippen LogP contribution in [0.1, 0.15) is 20.3 Å². The number of nitrogens with two attached hydrogens (primary N) is 1. The molecule has 0 saturated heterocycles. The van der Waals surface area contributed by atoms with Crippen LogP contribution in [0.4, 0.5) is 4.39 Å². The zero-order valence-electron chi connectivity index (χ0n) is 10.9. The number of hydrogen-bond acceptors (Lipinski definition) is 6. The molecule has 0 aliphatic heterocycles. The van der Waals surface area contributed by atoms with Crippen LogP contribution in [0.15, 0.2) is 0 Å². The Balaban J connectivity index is 2.23. The number of rotatable bonds is 4. The van der Waals surface area contributed by atoms with Gasteiger partial charge in [-0.3, -0.25) is 0 Å². The van der Waals surface area contributed by atoms with Crippen molar-refractivity contribution in [2.75, 3.05) is 13.2 Å². The van der Waals surface area contributed by atoms with Gasteiger partial charge in [0.2, 0.25) is 5.67 Å². The van der Waals surface area contributed by atoms with Crippen molar-refractivity contribution >= 4 is 11.9 Å². The number of fused-ring (bicyclic) bond motifs is 1. The van der Waals surface area contributed by atoms with E-state index in [0.29, 0.717) is 0 Å². The van der Waals surface area contributed by atoms with E-state index in [2.05, 4.69) is 4.74 Å². The van der Waals surface area contributed by atoms with Gasteiger partial charge in [0.25, 0.3) is 0 Å². The molecule has 0 aromatic carbocycles. The number of esters is 2. The summed E-state index contributed by atoms with van der Waals surface area (Å²) in [4.78, 5) is 23.5. The maximum atomic E-state index is 14.6. The van der Waals surface area contributed by atoms with Gasteiger partial charge in [-0.1, -0.05) is 0 Å². The Bertz CT molecular complexity index is 417. The summed E-state index contributed by atoms with van der Waals surface area (Å²) >= 11 is 0. The van der Waals surface area contributed by atoms with Gasteiger partial charge < -0.3 is 20.3 Å². The Morgan fingerprint density at radius 1 is 1.32 bits per heavy atom. The molecule has 0 radical (unpaired) electrons. The molecule has 0 amide bonds. The molecule has 2 saturated carbocycles. The molecule has 0 spiro atoms. The lowest BCUT2D eigenvalue weighted by molar-refractivity contribution is -0.160. The average Bonchev–Trinajstić information content (AvgIpc) is 2.84. The highest BCUT2D eigenvalue weighted by atomic mass is 19.1. The lowest BCUT2D eigenvalue weighted by Crippen LogP contribution is -2.60. The maximum absolute atomic E-state index is 14.6. The van der Waals surface area contributed by atoms with Gasteiger partial charge >= 0.3 is 11.9 Å². The Labute approximate surface area is 110 Å². The highest BCUT2D eigenvalue weighted by Gasteiger charge is 2.85. The minimum Gasteiger partial charge on any atom is -0.465 e. The Kier molecular flexibility index (Phi) is 3.30. The average molecular weight is 275 g/mol. The van der Waals surface area contributed by atoms with Gasteiger partial charge in [-0.05, 0) is 20.3 Å². The maximum Gasteiger partial charge on any atom is 0.344 e. The second-order valence-electron chi connectivity index (χ2n) is 4.98. The summed E-state index contributed by atoms with van der Waals surface area (Å²) in [7, 11) is 0. The van der Waals surface area contributed by atoms with Crippen LogP contribution >= 0.6 is 0 Å². The first-order valence-corrected chi connectivity index (χ1v) is 6.35. The normalized spacial score (nSPS) is 43.5. The standard InChI is InChI=1S/C12H18FNO5/c1-3-18-9(16)11(13)6-5-7(15)12(14,8(6)11)10(17)19-4-2/h6-8,15H,3-5,14H2,1-2H3. The minimum atomic E-state index is -2.28. The minimum absolute atomic E-state index is 0.0451. The van der Waals surface area contributed by atoms with Gasteiger partial charge in [-0.25, -0.2) is 14.0 Å². The van der Waals surface area contributed by atoms with Crippen LogP contribution in [-0.4, -0.2) is 47.6 Å². The molecule has 5 atom stereocenters. The molecule has 7 heteroatoms. The van der Waals surface area contributed by atoms with Gasteiger partial charge in [0, 0.05) is 11.8 Å². The van der Waals surface area contributed by atoms with Crippen LogP contribution in [0.3, 0.4) is 0 Å². The monoisotopic (exact) mass is 275 g/mol. The summed E-state index contributed by atoms with van der Waals surface area (Å²) in [5.74, 6) is -3.75. The van der Waals surface area contributed by atoms with Gasteiger partial charge in [-0.2, -0.15) is 0 Å². The third kappa shape index (κ3) is 1.68. The Hall–Kier alpha value is -1.21. The zero-order chi connectivity index (χ0) is 14.4. The van der Waals surface area contributed by atoms with E-state index in [1.807, 2.05) is 0 Å². The highest BCUT2D eigenvalue weighted by molar-refractivity contribution is 5.92. The largest absolute Gasteiger partial charge is 0.465 e. The smallest absolute Gasteiger partial charge is 0.344 e. The van der Waals surface area contributed by atoms with Crippen molar-refractivity contribution in [1.29, 1.82) is 0 Å². The predicted octanol–water partition coefficient (Wildman–Crippen LogP) is -0.471. The number of ether oxygens (including phenoxy) is 2. The van der Waals surface area contributed by atoms with Crippen LogP contribution in [-0.2, 0) is 19.1 Å². The lowest BCUT2D eigenvalue weighted by Gasteiger charge is -2.30.